The number of benzene rings is 3. The first-order chi connectivity index (χ1) is 11.6. The van der Waals surface area contributed by atoms with E-state index in [0.717, 1.165) is 10.8 Å². The van der Waals surface area contributed by atoms with Crippen LogP contribution in [0.3, 0.4) is 0 Å². The first-order valence-electron chi connectivity index (χ1n) is 7.30. The molecule has 0 unspecified atom stereocenters. The number of rotatable bonds is 4. The summed E-state index contributed by atoms with van der Waals surface area (Å²) in [6.45, 7) is 0. The first-order valence-corrected chi connectivity index (χ1v) is 7.30. The van der Waals surface area contributed by atoms with Crippen LogP contribution in [-0.4, -0.2) is 23.2 Å². The number of hydrogen-bond donors (Lipinski definition) is 2. The molecule has 118 valence electrons. The number of hydrazone groups is 1. The summed E-state index contributed by atoms with van der Waals surface area (Å²) in [6, 6.07) is 19.4. The lowest BCUT2D eigenvalue weighted by Gasteiger charge is -2.04. The molecule has 0 saturated heterocycles. The number of nitrogens with one attached hydrogen (secondary N) is 1. The van der Waals surface area contributed by atoms with Gasteiger partial charge >= 0.3 is 5.97 Å². The van der Waals surface area contributed by atoms with E-state index in [4.69, 9.17) is 5.11 Å². The highest BCUT2D eigenvalue weighted by molar-refractivity contribution is 6.07. The molecule has 0 aliphatic heterocycles. The van der Waals surface area contributed by atoms with E-state index in [2.05, 4.69) is 10.5 Å². The zero-order valence-electron chi connectivity index (χ0n) is 12.6. The van der Waals surface area contributed by atoms with Gasteiger partial charge in [-0.1, -0.05) is 48.5 Å². The molecule has 0 spiro atoms. The number of aromatic carboxylic acids is 1. The number of hydrogen-bond acceptors (Lipinski definition) is 3. The van der Waals surface area contributed by atoms with Crippen molar-refractivity contribution < 1.29 is 14.7 Å². The van der Waals surface area contributed by atoms with E-state index < -0.39 is 5.97 Å². The Bertz CT molecular complexity index is 926. The van der Waals surface area contributed by atoms with Crippen molar-refractivity contribution >= 4 is 28.9 Å². The Morgan fingerprint density at radius 2 is 1.62 bits per heavy atom. The van der Waals surface area contributed by atoms with Crippen molar-refractivity contribution in [2.24, 2.45) is 5.10 Å². The molecular formula is C19H14N2O3. The Balaban J connectivity index is 1.74. The van der Waals surface area contributed by atoms with E-state index in [9.17, 15) is 9.59 Å². The molecule has 5 heteroatoms. The Hall–Kier alpha value is -3.47. The topological polar surface area (TPSA) is 78.8 Å². The van der Waals surface area contributed by atoms with Gasteiger partial charge in [-0.15, -0.1) is 0 Å². The van der Waals surface area contributed by atoms with Crippen molar-refractivity contribution in [3.8, 4) is 0 Å². The third kappa shape index (κ3) is 3.30. The molecule has 0 aliphatic rings. The maximum absolute atomic E-state index is 12.3. The predicted octanol–water partition coefficient (Wildman–Crippen LogP) is 3.30. The SMILES string of the molecule is O=C(O)c1ccc(/C=N\NC(=O)c2cccc3ccccc23)cc1. The summed E-state index contributed by atoms with van der Waals surface area (Å²) in [7, 11) is 0. The lowest BCUT2D eigenvalue weighted by atomic mass is 10.0. The van der Waals surface area contributed by atoms with Crippen molar-refractivity contribution in [1.29, 1.82) is 0 Å². The molecule has 24 heavy (non-hydrogen) atoms. The number of amides is 1. The van der Waals surface area contributed by atoms with Crippen LogP contribution in [0, 0.1) is 0 Å². The van der Waals surface area contributed by atoms with E-state index in [1.165, 1.54) is 18.3 Å². The van der Waals surface area contributed by atoms with Gasteiger partial charge in [0.2, 0.25) is 0 Å². The van der Waals surface area contributed by atoms with Gasteiger partial charge in [-0.2, -0.15) is 5.10 Å². The summed E-state index contributed by atoms with van der Waals surface area (Å²) in [6.07, 6.45) is 1.47. The van der Waals surface area contributed by atoms with E-state index in [0.29, 0.717) is 11.1 Å². The van der Waals surface area contributed by atoms with Crippen molar-refractivity contribution in [3.05, 3.63) is 83.4 Å². The van der Waals surface area contributed by atoms with Gasteiger partial charge in [0.15, 0.2) is 0 Å². The van der Waals surface area contributed by atoms with Gasteiger partial charge in [-0.05, 0) is 34.5 Å². The van der Waals surface area contributed by atoms with Crippen LogP contribution >= 0.6 is 0 Å². The van der Waals surface area contributed by atoms with Crippen molar-refractivity contribution in [2.75, 3.05) is 0 Å². The highest BCUT2D eigenvalue weighted by atomic mass is 16.4. The van der Waals surface area contributed by atoms with Crippen LogP contribution in [0.1, 0.15) is 26.3 Å². The average Bonchev–Trinajstić information content (AvgIpc) is 2.61. The Kier molecular flexibility index (Phi) is 4.34. The quantitative estimate of drug-likeness (QED) is 0.572. The van der Waals surface area contributed by atoms with E-state index in [1.807, 2.05) is 36.4 Å². The molecule has 0 fully saturated rings. The maximum Gasteiger partial charge on any atom is 0.335 e. The minimum absolute atomic E-state index is 0.201. The molecule has 0 aliphatic carbocycles. The predicted molar refractivity (Wildman–Crippen MR) is 92.4 cm³/mol. The second-order valence-corrected chi connectivity index (χ2v) is 5.15. The van der Waals surface area contributed by atoms with Crippen LogP contribution in [0.4, 0.5) is 0 Å². The number of carbonyl (C=O) groups is 2. The molecule has 0 bridgehead atoms. The van der Waals surface area contributed by atoms with Crippen LogP contribution in [-0.2, 0) is 0 Å². The summed E-state index contributed by atoms with van der Waals surface area (Å²) < 4.78 is 0. The molecule has 3 rings (SSSR count). The monoisotopic (exact) mass is 318 g/mol. The first kappa shape index (κ1) is 15.4. The standard InChI is InChI=1S/C19H14N2O3/c22-18(17-7-3-5-14-4-1-2-6-16(14)17)21-20-12-13-8-10-15(11-9-13)19(23)24/h1-12H,(H,21,22)(H,23,24)/b20-12-. The second kappa shape index (κ2) is 6.75. The molecule has 5 nitrogen and oxygen atoms in total. The third-order valence-corrected chi connectivity index (χ3v) is 3.57. The third-order valence-electron chi connectivity index (χ3n) is 3.57. The van der Waals surface area contributed by atoms with Crippen LogP contribution < -0.4 is 5.43 Å². The van der Waals surface area contributed by atoms with E-state index in [1.54, 1.807) is 18.2 Å². The zero-order chi connectivity index (χ0) is 16.9. The number of carboxylic acid groups (broad SMARTS) is 1. The van der Waals surface area contributed by atoms with Crippen LogP contribution in [0.15, 0.2) is 71.8 Å². The molecule has 0 heterocycles. The van der Waals surface area contributed by atoms with Gasteiger partial charge < -0.3 is 5.11 Å². The average molecular weight is 318 g/mol. The van der Waals surface area contributed by atoms with Gasteiger partial charge in [0.05, 0.1) is 11.8 Å². The largest absolute Gasteiger partial charge is 0.478 e. The molecule has 0 atom stereocenters. The molecule has 2 N–H and O–H groups in total. The van der Waals surface area contributed by atoms with Gasteiger partial charge in [-0.25, -0.2) is 10.2 Å². The molecule has 0 aromatic heterocycles. The summed E-state index contributed by atoms with van der Waals surface area (Å²) in [5, 5.41) is 14.6. The number of carbonyl (C=O) groups excluding carboxylic acids is 1. The fourth-order valence-electron chi connectivity index (χ4n) is 2.36. The van der Waals surface area contributed by atoms with Crippen molar-refractivity contribution in [1.82, 2.24) is 5.43 Å². The Morgan fingerprint density at radius 3 is 2.38 bits per heavy atom. The van der Waals surface area contributed by atoms with Gasteiger partial charge in [0.25, 0.3) is 5.91 Å². The zero-order valence-corrected chi connectivity index (χ0v) is 12.6. The summed E-state index contributed by atoms with van der Waals surface area (Å²) in [5.41, 5.74) is 3.93. The minimum Gasteiger partial charge on any atom is -0.478 e. The fraction of sp³-hybridized carbons (Fsp3) is 0. The second-order valence-electron chi connectivity index (χ2n) is 5.15. The molecule has 3 aromatic carbocycles. The maximum atomic E-state index is 12.3. The fourth-order valence-corrected chi connectivity index (χ4v) is 2.36. The summed E-state index contributed by atoms with van der Waals surface area (Å²) in [5.74, 6) is -1.28. The van der Waals surface area contributed by atoms with Gasteiger partial charge in [0, 0.05) is 5.56 Å². The molecular weight excluding hydrogens is 304 g/mol. The lowest BCUT2D eigenvalue weighted by molar-refractivity contribution is 0.0696. The van der Waals surface area contributed by atoms with Crippen LogP contribution in [0.5, 0.6) is 0 Å². The van der Waals surface area contributed by atoms with Crippen molar-refractivity contribution in [2.45, 2.75) is 0 Å². The molecule has 3 aromatic rings. The van der Waals surface area contributed by atoms with Crippen LogP contribution in [0.2, 0.25) is 0 Å². The smallest absolute Gasteiger partial charge is 0.335 e. The van der Waals surface area contributed by atoms with E-state index in [-0.39, 0.29) is 11.5 Å². The van der Waals surface area contributed by atoms with E-state index >= 15 is 0 Å². The van der Waals surface area contributed by atoms with Gasteiger partial charge in [-0.3, -0.25) is 4.79 Å². The normalized spacial score (nSPS) is 10.8. The highest BCUT2D eigenvalue weighted by Gasteiger charge is 2.08. The highest BCUT2D eigenvalue weighted by Crippen LogP contribution is 2.18. The van der Waals surface area contributed by atoms with Crippen molar-refractivity contribution in [3.63, 3.8) is 0 Å². The summed E-state index contributed by atoms with van der Waals surface area (Å²) in [4.78, 5) is 23.1. The van der Waals surface area contributed by atoms with Crippen LogP contribution in [0.25, 0.3) is 10.8 Å². The number of fused-ring (bicyclic) bond motifs is 1. The molecule has 1 amide bonds. The van der Waals surface area contributed by atoms with Gasteiger partial charge in [0.1, 0.15) is 0 Å². The molecule has 0 radical (unpaired) electrons. The Labute approximate surface area is 138 Å². The number of nitrogens with zero attached hydrogens (tertiary/aromatic N) is 1. The lowest BCUT2D eigenvalue weighted by Crippen LogP contribution is -2.17. The summed E-state index contributed by atoms with van der Waals surface area (Å²) >= 11 is 0. The number of carboxylic acids is 1. The molecule has 0 saturated carbocycles. The minimum atomic E-state index is -0.984. The Morgan fingerprint density at radius 1 is 0.917 bits per heavy atom.